The van der Waals surface area contributed by atoms with Crippen LogP contribution in [0.4, 0.5) is 0 Å². The SMILES string of the molecule is CCCc1n[nH]c(=S)n1/N=C\c1ccc(OC(=O)c2ccccc2)cc1. The summed E-state index contributed by atoms with van der Waals surface area (Å²) in [4.78, 5) is 12.0. The molecule has 7 heteroatoms. The lowest BCUT2D eigenvalue weighted by atomic mass is 10.2. The highest BCUT2D eigenvalue weighted by molar-refractivity contribution is 7.71. The van der Waals surface area contributed by atoms with Gasteiger partial charge in [-0.25, -0.2) is 4.79 Å². The van der Waals surface area contributed by atoms with E-state index in [9.17, 15) is 4.79 Å². The van der Waals surface area contributed by atoms with Gasteiger partial charge in [0.25, 0.3) is 0 Å². The molecule has 0 aliphatic carbocycles. The van der Waals surface area contributed by atoms with Crippen molar-refractivity contribution in [2.45, 2.75) is 19.8 Å². The van der Waals surface area contributed by atoms with Crippen molar-refractivity contribution >= 4 is 24.4 Å². The Morgan fingerprint density at radius 3 is 2.65 bits per heavy atom. The number of ether oxygens (including phenoxy) is 1. The first kappa shape index (κ1) is 17.8. The third-order valence-electron chi connectivity index (χ3n) is 3.61. The second-order valence-electron chi connectivity index (χ2n) is 5.58. The van der Waals surface area contributed by atoms with E-state index in [1.54, 1.807) is 47.3 Å². The molecule has 0 radical (unpaired) electrons. The summed E-state index contributed by atoms with van der Waals surface area (Å²) < 4.78 is 7.43. The van der Waals surface area contributed by atoms with E-state index in [4.69, 9.17) is 17.0 Å². The summed E-state index contributed by atoms with van der Waals surface area (Å²) in [6, 6.07) is 16.0. The molecule has 6 nitrogen and oxygen atoms in total. The molecule has 1 N–H and O–H groups in total. The van der Waals surface area contributed by atoms with E-state index in [1.165, 1.54) is 0 Å². The molecule has 3 aromatic rings. The van der Waals surface area contributed by atoms with Crippen LogP contribution in [-0.2, 0) is 6.42 Å². The van der Waals surface area contributed by atoms with Crippen LogP contribution in [0, 0.1) is 4.77 Å². The second-order valence-corrected chi connectivity index (χ2v) is 5.96. The van der Waals surface area contributed by atoms with Crippen molar-refractivity contribution in [2.75, 3.05) is 0 Å². The van der Waals surface area contributed by atoms with E-state index >= 15 is 0 Å². The molecular formula is C19H18N4O2S. The minimum absolute atomic E-state index is 0.388. The number of aromatic amines is 1. The van der Waals surface area contributed by atoms with Gasteiger partial charge in [-0.3, -0.25) is 5.10 Å². The maximum absolute atomic E-state index is 12.0. The van der Waals surface area contributed by atoms with Gasteiger partial charge in [0, 0.05) is 6.42 Å². The minimum atomic E-state index is -0.388. The number of hydrogen-bond donors (Lipinski definition) is 1. The Bertz CT molecular complexity index is 959. The summed E-state index contributed by atoms with van der Waals surface area (Å²) in [7, 11) is 0. The second kappa shape index (κ2) is 8.35. The fourth-order valence-corrected chi connectivity index (χ4v) is 2.51. The predicted molar refractivity (Wildman–Crippen MR) is 102 cm³/mol. The maximum Gasteiger partial charge on any atom is 0.343 e. The Morgan fingerprint density at radius 2 is 1.96 bits per heavy atom. The normalized spacial score (nSPS) is 11.0. The predicted octanol–water partition coefficient (Wildman–Crippen LogP) is 3.99. The highest BCUT2D eigenvalue weighted by Crippen LogP contribution is 2.14. The first-order chi connectivity index (χ1) is 12.7. The van der Waals surface area contributed by atoms with Crippen molar-refractivity contribution in [2.24, 2.45) is 5.10 Å². The number of aromatic nitrogens is 3. The lowest BCUT2D eigenvalue weighted by Crippen LogP contribution is -2.08. The number of rotatable bonds is 6. The number of H-pyrrole nitrogens is 1. The van der Waals surface area contributed by atoms with Crippen LogP contribution in [0.15, 0.2) is 59.7 Å². The molecule has 1 heterocycles. The van der Waals surface area contributed by atoms with Crippen LogP contribution in [-0.4, -0.2) is 27.1 Å². The Labute approximate surface area is 156 Å². The number of hydrogen-bond acceptors (Lipinski definition) is 5. The van der Waals surface area contributed by atoms with E-state index < -0.39 is 0 Å². The number of nitrogens with zero attached hydrogens (tertiary/aromatic N) is 3. The molecule has 0 amide bonds. The summed E-state index contributed by atoms with van der Waals surface area (Å²) in [5.74, 6) is 0.880. The highest BCUT2D eigenvalue weighted by Gasteiger charge is 2.07. The molecule has 0 saturated carbocycles. The van der Waals surface area contributed by atoms with Crippen LogP contribution in [0.3, 0.4) is 0 Å². The first-order valence-corrected chi connectivity index (χ1v) is 8.66. The number of esters is 1. The van der Waals surface area contributed by atoms with Crippen LogP contribution in [0.2, 0.25) is 0 Å². The maximum atomic E-state index is 12.0. The standard InChI is InChI=1S/C19H18N4O2S/c1-2-6-17-21-22-19(26)23(17)20-13-14-9-11-16(12-10-14)25-18(24)15-7-4-3-5-8-15/h3-5,7-13H,2,6H2,1H3,(H,22,26)/b20-13-. The van der Waals surface area contributed by atoms with Crippen LogP contribution >= 0.6 is 12.2 Å². The summed E-state index contributed by atoms with van der Waals surface area (Å²) in [5, 5.41) is 11.3. The van der Waals surface area contributed by atoms with Gasteiger partial charge in [0.1, 0.15) is 5.75 Å². The van der Waals surface area contributed by atoms with Crippen molar-refractivity contribution < 1.29 is 9.53 Å². The largest absolute Gasteiger partial charge is 0.423 e. The first-order valence-electron chi connectivity index (χ1n) is 8.25. The van der Waals surface area contributed by atoms with Gasteiger partial charge in [-0.15, -0.1) is 0 Å². The van der Waals surface area contributed by atoms with Gasteiger partial charge in [0.05, 0.1) is 11.8 Å². The van der Waals surface area contributed by atoms with Gasteiger partial charge < -0.3 is 4.74 Å². The van der Waals surface area contributed by atoms with Crippen molar-refractivity contribution in [3.8, 4) is 5.75 Å². The Balaban J connectivity index is 1.69. The van der Waals surface area contributed by atoms with Gasteiger partial charge in [0.2, 0.25) is 4.77 Å². The number of aryl methyl sites for hydroxylation is 1. The molecule has 0 aliphatic heterocycles. The van der Waals surface area contributed by atoms with Gasteiger partial charge in [-0.2, -0.15) is 14.9 Å². The highest BCUT2D eigenvalue weighted by atomic mass is 32.1. The van der Waals surface area contributed by atoms with Gasteiger partial charge in [-0.1, -0.05) is 25.1 Å². The molecule has 0 fully saturated rings. The molecule has 0 saturated heterocycles. The topological polar surface area (TPSA) is 72.3 Å². The van der Waals surface area contributed by atoms with Crippen molar-refractivity contribution in [3.05, 3.63) is 76.3 Å². The van der Waals surface area contributed by atoms with Crippen molar-refractivity contribution in [3.63, 3.8) is 0 Å². The molecule has 26 heavy (non-hydrogen) atoms. The van der Waals surface area contributed by atoms with Crippen molar-refractivity contribution in [1.29, 1.82) is 0 Å². The zero-order chi connectivity index (χ0) is 18.4. The monoisotopic (exact) mass is 366 g/mol. The average Bonchev–Trinajstić information content (AvgIpc) is 3.02. The molecule has 2 aromatic carbocycles. The van der Waals surface area contributed by atoms with Crippen LogP contribution in [0.25, 0.3) is 0 Å². The molecule has 0 spiro atoms. The molecule has 0 unspecified atom stereocenters. The van der Waals surface area contributed by atoms with Crippen LogP contribution < -0.4 is 4.74 Å². The van der Waals surface area contributed by atoms with E-state index in [0.717, 1.165) is 24.2 Å². The Hall–Kier alpha value is -3.06. The molecule has 132 valence electrons. The van der Waals surface area contributed by atoms with E-state index in [-0.39, 0.29) is 5.97 Å². The molecule has 0 atom stereocenters. The third kappa shape index (κ3) is 4.31. The third-order valence-corrected chi connectivity index (χ3v) is 3.88. The van der Waals surface area contributed by atoms with Gasteiger partial charge >= 0.3 is 5.97 Å². The van der Waals surface area contributed by atoms with Gasteiger partial charge in [0.15, 0.2) is 5.82 Å². The Kier molecular flexibility index (Phi) is 5.70. The molecular weight excluding hydrogens is 348 g/mol. The van der Waals surface area contributed by atoms with E-state index in [0.29, 0.717) is 16.1 Å². The number of benzene rings is 2. The van der Waals surface area contributed by atoms with E-state index in [1.807, 2.05) is 18.2 Å². The number of nitrogens with one attached hydrogen (secondary N) is 1. The number of carbonyl (C=O) groups excluding carboxylic acids is 1. The Morgan fingerprint density at radius 1 is 1.23 bits per heavy atom. The fourth-order valence-electron chi connectivity index (χ4n) is 2.32. The molecule has 1 aromatic heterocycles. The molecule has 3 rings (SSSR count). The lowest BCUT2D eigenvalue weighted by Gasteiger charge is -2.04. The molecule has 0 aliphatic rings. The fraction of sp³-hybridized carbons (Fsp3) is 0.158. The van der Waals surface area contributed by atoms with Crippen molar-refractivity contribution in [1.82, 2.24) is 14.9 Å². The zero-order valence-electron chi connectivity index (χ0n) is 14.3. The lowest BCUT2D eigenvalue weighted by molar-refractivity contribution is 0.0735. The summed E-state index contributed by atoms with van der Waals surface area (Å²) in [6.45, 7) is 2.07. The minimum Gasteiger partial charge on any atom is -0.423 e. The van der Waals surface area contributed by atoms with Gasteiger partial charge in [-0.05, 0) is 60.6 Å². The van der Waals surface area contributed by atoms with Crippen LogP contribution in [0.1, 0.15) is 35.1 Å². The summed E-state index contributed by atoms with van der Waals surface area (Å²) in [5.41, 5.74) is 1.37. The molecule has 0 bridgehead atoms. The smallest absolute Gasteiger partial charge is 0.343 e. The van der Waals surface area contributed by atoms with Crippen LogP contribution in [0.5, 0.6) is 5.75 Å². The van der Waals surface area contributed by atoms with E-state index in [2.05, 4.69) is 22.2 Å². The zero-order valence-corrected chi connectivity index (χ0v) is 15.1. The summed E-state index contributed by atoms with van der Waals surface area (Å²) in [6.07, 6.45) is 3.43. The quantitative estimate of drug-likeness (QED) is 0.310. The summed E-state index contributed by atoms with van der Waals surface area (Å²) >= 11 is 5.19. The number of carbonyl (C=O) groups is 1. The average molecular weight is 366 g/mol.